The van der Waals surface area contributed by atoms with Crippen molar-refractivity contribution in [3.8, 4) is 23.1 Å². The predicted molar refractivity (Wildman–Crippen MR) is 124 cm³/mol. The summed E-state index contributed by atoms with van der Waals surface area (Å²) in [5.74, 6) is 1.96. The van der Waals surface area contributed by atoms with Gasteiger partial charge in [-0.1, -0.05) is 0 Å². The van der Waals surface area contributed by atoms with E-state index in [1.165, 1.54) is 6.20 Å². The number of fused-ring (bicyclic) bond motifs is 1. The van der Waals surface area contributed by atoms with Crippen LogP contribution in [-0.2, 0) is 0 Å². The first-order chi connectivity index (χ1) is 16.2. The Hall–Kier alpha value is -3.22. The fourth-order valence-electron chi connectivity index (χ4n) is 6.27. The molecule has 2 unspecified atom stereocenters. The lowest BCUT2D eigenvalue weighted by Crippen LogP contribution is -2.64. The van der Waals surface area contributed by atoms with E-state index in [-0.39, 0.29) is 6.61 Å². The van der Waals surface area contributed by atoms with E-state index in [1.54, 1.807) is 37.0 Å². The number of piperidine rings is 2. The molecule has 0 amide bonds. The lowest BCUT2D eigenvalue weighted by Gasteiger charge is -2.60. The first-order valence-corrected chi connectivity index (χ1v) is 11.8. The van der Waals surface area contributed by atoms with Gasteiger partial charge in [-0.3, -0.25) is 4.98 Å². The number of hydrogen-bond donors (Lipinski definition) is 2. The van der Waals surface area contributed by atoms with Crippen LogP contribution < -0.4 is 9.64 Å². The molecule has 4 bridgehead atoms. The van der Waals surface area contributed by atoms with Gasteiger partial charge in [-0.05, 0) is 57.9 Å². The lowest BCUT2D eigenvalue weighted by molar-refractivity contribution is -0.0872. The molecular formula is C25H28N6O3. The van der Waals surface area contributed by atoms with Gasteiger partial charge in [-0.15, -0.1) is 0 Å². The average Bonchev–Trinajstić information content (AvgIpc) is 3.19. The first kappa shape index (κ1) is 21.3. The maximum absolute atomic E-state index is 10.9. The Morgan fingerprint density at radius 2 is 1.94 bits per heavy atom. The highest BCUT2D eigenvalue weighted by atomic mass is 16.5. The Bertz CT molecular complexity index is 1270. The summed E-state index contributed by atoms with van der Waals surface area (Å²) in [4.78, 5) is 11.9. The van der Waals surface area contributed by atoms with Crippen LogP contribution in [-0.4, -0.2) is 59.7 Å². The fraction of sp³-hybridized carbons (Fsp3) is 0.520. The van der Waals surface area contributed by atoms with Crippen molar-refractivity contribution in [2.45, 2.75) is 69.2 Å². The second kappa shape index (κ2) is 7.39. The summed E-state index contributed by atoms with van der Waals surface area (Å²) >= 11 is 0. The summed E-state index contributed by atoms with van der Waals surface area (Å²) in [6, 6.07) is 4.62. The molecule has 4 fully saturated rings. The van der Waals surface area contributed by atoms with E-state index in [2.05, 4.69) is 16.1 Å². The molecule has 3 aromatic rings. The molecule has 9 heteroatoms. The van der Waals surface area contributed by atoms with Gasteiger partial charge in [0, 0.05) is 17.6 Å². The molecule has 2 aliphatic heterocycles. The fourth-order valence-corrected chi connectivity index (χ4v) is 6.27. The molecule has 4 aliphatic rings. The number of nitriles is 1. The summed E-state index contributed by atoms with van der Waals surface area (Å²) in [5.41, 5.74) is 0.883. The minimum Gasteiger partial charge on any atom is -0.489 e. The van der Waals surface area contributed by atoms with Crippen molar-refractivity contribution in [1.29, 1.82) is 5.26 Å². The Kier molecular flexibility index (Phi) is 4.63. The van der Waals surface area contributed by atoms with Crippen LogP contribution in [0.3, 0.4) is 0 Å². The van der Waals surface area contributed by atoms with Crippen LogP contribution in [0.25, 0.3) is 16.8 Å². The quantitative estimate of drug-likeness (QED) is 0.596. The van der Waals surface area contributed by atoms with Crippen molar-refractivity contribution in [1.82, 2.24) is 19.6 Å². The largest absolute Gasteiger partial charge is 0.489 e. The maximum atomic E-state index is 10.9. The Balaban J connectivity index is 1.35. The van der Waals surface area contributed by atoms with Gasteiger partial charge in [0.05, 0.1) is 52.8 Å². The van der Waals surface area contributed by atoms with Crippen LogP contribution in [0.5, 0.6) is 5.75 Å². The van der Waals surface area contributed by atoms with Crippen LogP contribution in [0.1, 0.15) is 51.5 Å². The zero-order chi connectivity index (χ0) is 23.7. The summed E-state index contributed by atoms with van der Waals surface area (Å²) in [6.07, 6.45) is 11.5. The second-order valence-electron chi connectivity index (χ2n) is 10.8. The predicted octanol–water partition coefficient (Wildman–Crippen LogP) is 2.69. The number of pyridine rings is 1. The Morgan fingerprint density at radius 1 is 1.18 bits per heavy atom. The lowest BCUT2D eigenvalue weighted by atomic mass is 9.61. The van der Waals surface area contributed by atoms with E-state index in [1.807, 2.05) is 6.07 Å². The first-order valence-electron chi connectivity index (χ1n) is 11.8. The molecule has 0 aromatic carbocycles. The van der Waals surface area contributed by atoms with Gasteiger partial charge in [-0.25, -0.2) is 9.50 Å². The number of rotatable bonds is 5. The minimum absolute atomic E-state index is 0.111. The van der Waals surface area contributed by atoms with Gasteiger partial charge in [0.1, 0.15) is 24.2 Å². The number of nitrogens with zero attached hydrogens (tertiary/aromatic N) is 6. The number of anilines is 1. The molecule has 2 saturated carbocycles. The van der Waals surface area contributed by atoms with Crippen molar-refractivity contribution in [3.05, 3.63) is 36.4 Å². The van der Waals surface area contributed by atoms with Crippen LogP contribution >= 0.6 is 0 Å². The zero-order valence-corrected chi connectivity index (χ0v) is 19.3. The van der Waals surface area contributed by atoms with Gasteiger partial charge in [0.25, 0.3) is 0 Å². The van der Waals surface area contributed by atoms with Crippen molar-refractivity contribution >= 4 is 11.3 Å². The summed E-state index contributed by atoms with van der Waals surface area (Å²) in [7, 11) is 0. The monoisotopic (exact) mass is 460 g/mol. The van der Waals surface area contributed by atoms with Gasteiger partial charge in [0.2, 0.25) is 0 Å². The third-order valence-electron chi connectivity index (χ3n) is 7.38. The molecule has 2 saturated heterocycles. The van der Waals surface area contributed by atoms with E-state index in [0.717, 1.165) is 37.9 Å². The summed E-state index contributed by atoms with van der Waals surface area (Å²) in [6.45, 7) is 3.47. The minimum atomic E-state index is -0.987. The summed E-state index contributed by atoms with van der Waals surface area (Å²) in [5, 5.41) is 34.8. The van der Waals surface area contributed by atoms with E-state index < -0.39 is 11.2 Å². The normalized spacial score (nSPS) is 27.9. The van der Waals surface area contributed by atoms with Gasteiger partial charge in [0.15, 0.2) is 0 Å². The van der Waals surface area contributed by atoms with Gasteiger partial charge in [-0.2, -0.15) is 10.4 Å². The highest BCUT2D eigenvalue weighted by molar-refractivity contribution is 5.83. The van der Waals surface area contributed by atoms with E-state index in [0.29, 0.717) is 46.1 Å². The average molecular weight is 461 g/mol. The standard InChI is InChI=1S/C25H28N6O3/c1-24(2,32)14-34-19-5-20(23-16(9-26)10-29-30(23)13-19)21-11-28-22(12-27-21)31-17-3-15-4-18(31)8-25(33,6-15)7-17/h5,10-13,15,17-18,32-33H,3-4,6-8,14H2,1-2H3/t15?,17-,18+,25?. The highest BCUT2D eigenvalue weighted by Crippen LogP contribution is 2.52. The molecule has 176 valence electrons. The van der Waals surface area contributed by atoms with Crippen molar-refractivity contribution in [2.24, 2.45) is 5.92 Å². The van der Waals surface area contributed by atoms with Crippen LogP contribution in [0.15, 0.2) is 30.9 Å². The molecule has 4 atom stereocenters. The third kappa shape index (κ3) is 3.58. The molecule has 0 spiro atoms. The van der Waals surface area contributed by atoms with Crippen molar-refractivity contribution in [3.63, 3.8) is 0 Å². The van der Waals surface area contributed by atoms with E-state index in [4.69, 9.17) is 14.7 Å². The topological polar surface area (TPSA) is 120 Å². The molecule has 9 nitrogen and oxygen atoms in total. The molecule has 2 aliphatic carbocycles. The van der Waals surface area contributed by atoms with Gasteiger partial charge < -0.3 is 19.8 Å². The molecule has 34 heavy (non-hydrogen) atoms. The molecule has 3 aromatic heterocycles. The molecule has 2 N–H and O–H groups in total. The van der Waals surface area contributed by atoms with Crippen molar-refractivity contribution in [2.75, 3.05) is 11.5 Å². The van der Waals surface area contributed by atoms with Gasteiger partial charge >= 0.3 is 0 Å². The zero-order valence-electron chi connectivity index (χ0n) is 19.3. The van der Waals surface area contributed by atoms with E-state index in [9.17, 15) is 15.5 Å². The Labute approximate surface area is 197 Å². The number of aliphatic hydroxyl groups is 2. The molecule has 0 radical (unpaired) electrons. The second-order valence-corrected chi connectivity index (χ2v) is 10.8. The van der Waals surface area contributed by atoms with Crippen molar-refractivity contribution < 1.29 is 14.9 Å². The molecule has 5 heterocycles. The molecule has 7 rings (SSSR count). The third-order valence-corrected chi connectivity index (χ3v) is 7.38. The van der Waals surface area contributed by atoms with Crippen LogP contribution in [0.2, 0.25) is 0 Å². The van der Waals surface area contributed by atoms with E-state index >= 15 is 0 Å². The smallest absolute Gasteiger partial charge is 0.147 e. The van der Waals surface area contributed by atoms with Crippen LogP contribution in [0.4, 0.5) is 5.82 Å². The Morgan fingerprint density at radius 3 is 2.56 bits per heavy atom. The number of aromatic nitrogens is 4. The maximum Gasteiger partial charge on any atom is 0.147 e. The summed E-state index contributed by atoms with van der Waals surface area (Å²) < 4.78 is 7.40. The highest BCUT2D eigenvalue weighted by Gasteiger charge is 2.54. The van der Waals surface area contributed by atoms with Crippen LogP contribution in [0, 0.1) is 17.2 Å². The number of ether oxygens (including phenoxy) is 1. The molecular weight excluding hydrogens is 432 g/mol. The SMILES string of the molecule is CC(C)(O)COc1cc(-c2cnc(N3[C@@H]4CC5C[C@H]3CC(O)(C5)C4)cn2)c2c(C#N)cnn2c1. The number of hydrogen-bond acceptors (Lipinski definition) is 8.